The number of rotatable bonds is 7. The Kier molecular flexibility index (Phi) is 7.27. The maximum atomic E-state index is 12.8. The Hall–Kier alpha value is -2.54. The number of hydrogen-bond acceptors (Lipinski definition) is 6. The minimum absolute atomic E-state index is 0.0207. The van der Waals surface area contributed by atoms with Crippen LogP contribution in [0.5, 0.6) is 0 Å². The molecule has 0 fully saturated rings. The van der Waals surface area contributed by atoms with E-state index < -0.39 is 10.0 Å². The average molecular weight is 532 g/mol. The van der Waals surface area contributed by atoms with Crippen LogP contribution in [-0.4, -0.2) is 13.4 Å². The van der Waals surface area contributed by atoms with Gasteiger partial charge in [0, 0.05) is 32.2 Å². The van der Waals surface area contributed by atoms with Crippen LogP contribution in [0.2, 0.25) is 10.0 Å². The highest BCUT2D eigenvalue weighted by molar-refractivity contribution is 7.99. The zero-order valence-electron chi connectivity index (χ0n) is 16.8. The van der Waals surface area contributed by atoms with E-state index >= 15 is 0 Å². The highest BCUT2D eigenvalue weighted by Gasteiger charge is 2.23. The Labute approximate surface area is 210 Å². The summed E-state index contributed by atoms with van der Waals surface area (Å²) in [5, 5.41) is 12.4. The second kappa shape index (κ2) is 10.2. The van der Waals surface area contributed by atoms with Crippen molar-refractivity contribution in [1.29, 1.82) is 5.26 Å². The number of thioether (sulfide) groups is 1. The number of sulfonamides is 1. The normalized spacial score (nSPS) is 11.2. The number of benzene rings is 3. The standard InChI is InChI=1S/C23H15Cl2N3O2S3/c24-17-8-6-16(7-9-17)20-13-32-23(28-20)18-10-22(33(29,30)27-14-26)21(11-19(18)25)31-12-15-4-2-1-3-5-15/h1-11,13,27H,12H2. The molecule has 0 aliphatic carbocycles. The predicted molar refractivity (Wildman–Crippen MR) is 135 cm³/mol. The van der Waals surface area contributed by atoms with Crippen molar-refractivity contribution < 1.29 is 8.42 Å². The van der Waals surface area contributed by atoms with Crippen molar-refractivity contribution in [2.45, 2.75) is 15.5 Å². The largest absolute Gasteiger partial charge is 0.271 e. The molecule has 3 aromatic carbocycles. The van der Waals surface area contributed by atoms with Gasteiger partial charge in [-0.2, -0.15) is 5.26 Å². The quantitative estimate of drug-likeness (QED) is 0.160. The van der Waals surface area contributed by atoms with Gasteiger partial charge in [-0.3, -0.25) is 0 Å². The molecule has 1 N–H and O–H groups in total. The van der Waals surface area contributed by atoms with E-state index in [1.165, 1.54) is 35.4 Å². The molecule has 0 aliphatic heterocycles. The summed E-state index contributed by atoms with van der Waals surface area (Å²) >= 11 is 15.2. The highest BCUT2D eigenvalue weighted by atomic mass is 35.5. The first-order chi connectivity index (χ1) is 15.9. The molecule has 0 amide bonds. The molecule has 0 spiro atoms. The fourth-order valence-corrected chi connectivity index (χ4v) is 6.63. The third kappa shape index (κ3) is 5.52. The van der Waals surface area contributed by atoms with Crippen LogP contribution in [-0.2, 0) is 15.8 Å². The van der Waals surface area contributed by atoms with Crippen LogP contribution in [0, 0.1) is 11.5 Å². The summed E-state index contributed by atoms with van der Waals surface area (Å²) < 4.78 is 27.5. The van der Waals surface area contributed by atoms with E-state index in [9.17, 15) is 8.42 Å². The van der Waals surface area contributed by atoms with E-state index in [1.54, 1.807) is 18.2 Å². The lowest BCUT2D eigenvalue weighted by atomic mass is 10.2. The fourth-order valence-electron chi connectivity index (χ4n) is 3.02. The second-order valence-corrected chi connectivity index (χ2v) is 11.2. The van der Waals surface area contributed by atoms with Gasteiger partial charge in [0.2, 0.25) is 0 Å². The van der Waals surface area contributed by atoms with Crippen molar-refractivity contribution in [3.63, 3.8) is 0 Å². The molecule has 0 radical (unpaired) electrons. The molecule has 5 nitrogen and oxygen atoms in total. The molecule has 0 bridgehead atoms. The summed E-state index contributed by atoms with van der Waals surface area (Å²) in [5.74, 6) is 0.545. The number of nitrogens with one attached hydrogen (secondary N) is 1. The molecule has 1 heterocycles. The Morgan fingerprint density at radius 3 is 2.48 bits per heavy atom. The van der Waals surface area contributed by atoms with E-state index in [0.29, 0.717) is 31.3 Å². The van der Waals surface area contributed by atoms with Gasteiger partial charge in [0.05, 0.1) is 10.7 Å². The molecule has 33 heavy (non-hydrogen) atoms. The zero-order chi connectivity index (χ0) is 23.4. The van der Waals surface area contributed by atoms with Crippen LogP contribution in [0.1, 0.15) is 5.56 Å². The van der Waals surface area contributed by atoms with Crippen molar-refractivity contribution in [3.05, 3.63) is 87.7 Å². The van der Waals surface area contributed by atoms with Crippen LogP contribution in [0.25, 0.3) is 21.8 Å². The molecule has 0 atom stereocenters. The van der Waals surface area contributed by atoms with Crippen LogP contribution in [0.15, 0.2) is 81.9 Å². The molecule has 0 saturated heterocycles. The van der Waals surface area contributed by atoms with Crippen molar-refractivity contribution in [2.75, 3.05) is 0 Å². The van der Waals surface area contributed by atoms with E-state index in [-0.39, 0.29) is 4.90 Å². The number of aromatic nitrogens is 1. The summed E-state index contributed by atoms with van der Waals surface area (Å²) in [6, 6.07) is 20.0. The molecular weight excluding hydrogens is 517 g/mol. The van der Waals surface area contributed by atoms with Gasteiger partial charge in [-0.05, 0) is 29.8 Å². The lowest BCUT2D eigenvalue weighted by molar-refractivity contribution is 0.589. The van der Waals surface area contributed by atoms with Crippen LogP contribution >= 0.6 is 46.3 Å². The minimum atomic E-state index is -4.07. The number of nitrogens with zero attached hydrogens (tertiary/aromatic N) is 2. The maximum absolute atomic E-state index is 12.8. The third-order valence-electron chi connectivity index (χ3n) is 4.61. The summed E-state index contributed by atoms with van der Waals surface area (Å²) in [7, 11) is -4.07. The monoisotopic (exact) mass is 531 g/mol. The van der Waals surface area contributed by atoms with Gasteiger partial charge >= 0.3 is 0 Å². The van der Waals surface area contributed by atoms with Crippen LogP contribution in [0.4, 0.5) is 0 Å². The van der Waals surface area contributed by atoms with E-state index in [0.717, 1.165) is 16.8 Å². The highest BCUT2D eigenvalue weighted by Crippen LogP contribution is 2.40. The van der Waals surface area contributed by atoms with Gasteiger partial charge in [-0.25, -0.2) is 18.1 Å². The lowest BCUT2D eigenvalue weighted by Crippen LogP contribution is -2.19. The lowest BCUT2D eigenvalue weighted by Gasteiger charge is -2.12. The summed E-state index contributed by atoms with van der Waals surface area (Å²) in [4.78, 5) is 5.07. The van der Waals surface area contributed by atoms with Gasteiger partial charge in [0.25, 0.3) is 10.0 Å². The van der Waals surface area contributed by atoms with Crippen molar-refractivity contribution >= 4 is 56.3 Å². The third-order valence-corrected chi connectivity index (χ3v) is 8.59. The van der Waals surface area contributed by atoms with Gasteiger partial charge in [-0.1, -0.05) is 65.7 Å². The number of hydrogen-bond donors (Lipinski definition) is 1. The second-order valence-electron chi connectivity index (χ2n) is 6.82. The van der Waals surface area contributed by atoms with Crippen LogP contribution in [0.3, 0.4) is 0 Å². The summed E-state index contributed by atoms with van der Waals surface area (Å²) in [6.45, 7) is 0. The Bertz CT molecular complexity index is 1430. The topological polar surface area (TPSA) is 82.9 Å². The van der Waals surface area contributed by atoms with Gasteiger partial charge in [0.15, 0.2) is 6.19 Å². The Balaban J connectivity index is 1.74. The molecule has 4 aromatic rings. The van der Waals surface area contributed by atoms with E-state index in [4.69, 9.17) is 28.5 Å². The number of thiazole rings is 1. The first kappa shape index (κ1) is 23.6. The van der Waals surface area contributed by atoms with Gasteiger partial charge < -0.3 is 0 Å². The Morgan fingerprint density at radius 2 is 1.79 bits per heavy atom. The predicted octanol–water partition coefficient (Wildman–Crippen LogP) is 6.84. The number of nitriles is 1. The fraction of sp³-hybridized carbons (Fsp3) is 0.0435. The maximum Gasteiger partial charge on any atom is 0.271 e. The van der Waals surface area contributed by atoms with Gasteiger partial charge in [0.1, 0.15) is 9.90 Å². The van der Waals surface area contributed by atoms with Crippen molar-refractivity contribution in [3.8, 4) is 28.0 Å². The van der Waals surface area contributed by atoms with Crippen molar-refractivity contribution in [2.24, 2.45) is 0 Å². The smallest absolute Gasteiger partial charge is 0.236 e. The number of halogens is 2. The molecule has 1 aromatic heterocycles. The summed E-state index contributed by atoms with van der Waals surface area (Å²) in [5.41, 5.74) is 3.12. The first-order valence-corrected chi connectivity index (χ1v) is 13.6. The van der Waals surface area contributed by atoms with Gasteiger partial charge in [-0.15, -0.1) is 23.1 Å². The summed E-state index contributed by atoms with van der Waals surface area (Å²) in [6.07, 6.45) is 1.51. The average Bonchev–Trinajstić information content (AvgIpc) is 3.28. The molecular formula is C23H15Cl2N3O2S3. The minimum Gasteiger partial charge on any atom is -0.236 e. The van der Waals surface area contributed by atoms with Crippen LogP contribution < -0.4 is 4.72 Å². The molecule has 4 rings (SSSR count). The van der Waals surface area contributed by atoms with Crippen molar-refractivity contribution in [1.82, 2.24) is 9.71 Å². The van der Waals surface area contributed by atoms with E-state index in [2.05, 4.69) is 4.98 Å². The van der Waals surface area contributed by atoms with E-state index in [1.807, 2.05) is 52.6 Å². The zero-order valence-corrected chi connectivity index (χ0v) is 20.8. The molecule has 0 aliphatic rings. The Morgan fingerprint density at radius 1 is 1.06 bits per heavy atom. The molecule has 0 unspecified atom stereocenters. The first-order valence-electron chi connectivity index (χ1n) is 9.50. The molecule has 0 saturated carbocycles. The molecule has 166 valence electrons. The molecule has 10 heteroatoms. The SMILES string of the molecule is N#CNS(=O)(=O)c1cc(-c2nc(-c3ccc(Cl)cc3)cs2)c(Cl)cc1SCc1ccccc1.